The summed E-state index contributed by atoms with van der Waals surface area (Å²) in [7, 11) is 0. The maximum absolute atomic E-state index is 4.22. The van der Waals surface area contributed by atoms with E-state index in [-0.39, 0.29) is 0 Å². The number of tetrazole rings is 1. The number of hydrogen-bond acceptors (Lipinski definition) is 4. The van der Waals surface area contributed by atoms with E-state index in [0.717, 1.165) is 12.0 Å². The van der Waals surface area contributed by atoms with E-state index >= 15 is 0 Å². The third kappa shape index (κ3) is 3.59. The lowest BCUT2D eigenvalue weighted by Gasteiger charge is -2.24. The molecule has 0 aliphatic heterocycles. The van der Waals surface area contributed by atoms with Crippen LogP contribution in [0, 0.1) is 0 Å². The molecule has 4 aromatic carbocycles. The van der Waals surface area contributed by atoms with Gasteiger partial charge in [0.25, 0.3) is 0 Å². The van der Waals surface area contributed by atoms with Gasteiger partial charge >= 0.3 is 0 Å². The molecule has 34 heavy (non-hydrogen) atoms. The maximum atomic E-state index is 4.22. The molecule has 1 aliphatic carbocycles. The van der Waals surface area contributed by atoms with E-state index < -0.39 is 0 Å². The molecule has 0 saturated carbocycles. The number of fused-ring (bicyclic) bond motifs is 6. The zero-order valence-corrected chi connectivity index (χ0v) is 19.1. The highest BCUT2D eigenvalue weighted by molar-refractivity contribution is 6.14. The van der Waals surface area contributed by atoms with Gasteiger partial charge < -0.3 is 0 Å². The molecule has 1 unspecified atom stereocenters. The Hall–Kier alpha value is -4.12. The number of aryl methyl sites for hydroxylation is 1. The number of nitrogens with zero attached hydrogens (tertiary/aromatic N) is 4. The number of hydrogen-bond donors (Lipinski definition) is 1. The highest BCUT2D eigenvalue weighted by atomic mass is 15.5. The van der Waals surface area contributed by atoms with E-state index in [4.69, 9.17) is 0 Å². The van der Waals surface area contributed by atoms with Crippen LogP contribution >= 0.6 is 0 Å². The molecular formula is C29H25N5. The molecule has 6 aromatic rings. The third-order valence-electron chi connectivity index (χ3n) is 6.92. The van der Waals surface area contributed by atoms with Gasteiger partial charge in [0, 0.05) is 18.0 Å². The largest absolute Gasteiger partial charge is 0.264 e. The Balaban J connectivity index is 0.000000182. The van der Waals surface area contributed by atoms with Crippen LogP contribution < -0.4 is 0 Å². The minimum absolute atomic E-state index is 0.637. The van der Waals surface area contributed by atoms with E-state index in [9.17, 15) is 0 Å². The molecule has 1 atom stereocenters. The molecule has 0 radical (unpaired) electrons. The molecule has 0 fully saturated rings. The van der Waals surface area contributed by atoms with Crippen molar-refractivity contribution in [1.29, 1.82) is 0 Å². The first-order valence-electron chi connectivity index (χ1n) is 11.8. The Morgan fingerprint density at radius 2 is 1.62 bits per heavy atom. The maximum Gasteiger partial charge on any atom is 0.205 e. The lowest BCUT2D eigenvalue weighted by molar-refractivity contribution is 0.593. The number of aromatic amines is 1. The van der Waals surface area contributed by atoms with E-state index in [1.54, 1.807) is 0 Å². The molecule has 5 heteroatoms. The van der Waals surface area contributed by atoms with Crippen molar-refractivity contribution in [3.63, 3.8) is 0 Å². The predicted octanol–water partition coefficient (Wildman–Crippen LogP) is 6.85. The minimum atomic E-state index is 0.637. The van der Waals surface area contributed by atoms with Crippen molar-refractivity contribution in [2.75, 3.05) is 0 Å². The highest BCUT2D eigenvalue weighted by Crippen LogP contribution is 2.40. The van der Waals surface area contributed by atoms with Gasteiger partial charge in [0.15, 0.2) is 0 Å². The van der Waals surface area contributed by atoms with Gasteiger partial charge in [-0.3, -0.25) is 4.98 Å². The van der Waals surface area contributed by atoms with E-state index in [0.29, 0.717) is 11.7 Å². The van der Waals surface area contributed by atoms with Crippen molar-refractivity contribution in [3.8, 4) is 11.4 Å². The average molecular weight is 444 g/mol. The first-order chi connectivity index (χ1) is 16.8. The van der Waals surface area contributed by atoms with Crippen molar-refractivity contribution in [2.24, 2.45) is 0 Å². The first-order valence-corrected chi connectivity index (χ1v) is 11.8. The third-order valence-corrected chi connectivity index (χ3v) is 6.92. The summed E-state index contributed by atoms with van der Waals surface area (Å²) in [6, 6.07) is 25.6. The monoisotopic (exact) mass is 443 g/mol. The van der Waals surface area contributed by atoms with E-state index in [2.05, 4.69) is 87.1 Å². The standard InChI is InChI=1S/C20H18N4.C9H7N/c1-12-5-4-8-14-13(12)9-10-17-15-6-2-3-7-16(15)19(11-18(14)17)20-21-23-24-22-20;1-2-4-9-7-10-6-5-8(9)3-1/h2-3,6-7,9-12H,4-5,8H2,1H3,(H,21,22,23,24);1-7H. The number of pyridine rings is 1. The van der Waals surface area contributed by atoms with Gasteiger partial charge in [-0.25, -0.2) is 0 Å². The zero-order chi connectivity index (χ0) is 22.9. The van der Waals surface area contributed by atoms with Gasteiger partial charge in [-0.15, -0.1) is 10.2 Å². The van der Waals surface area contributed by atoms with Gasteiger partial charge in [0.2, 0.25) is 5.82 Å². The summed E-state index contributed by atoms with van der Waals surface area (Å²) in [6.45, 7) is 2.34. The second kappa shape index (κ2) is 8.67. The molecule has 166 valence electrons. The quantitative estimate of drug-likeness (QED) is 0.282. The number of aromatic nitrogens is 5. The van der Waals surface area contributed by atoms with Gasteiger partial charge in [0.05, 0.1) is 0 Å². The summed E-state index contributed by atoms with van der Waals surface area (Å²) >= 11 is 0. The molecule has 1 N–H and O–H groups in total. The van der Waals surface area contributed by atoms with Crippen LogP contribution in [0.5, 0.6) is 0 Å². The van der Waals surface area contributed by atoms with E-state index in [1.165, 1.54) is 56.3 Å². The highest BCUT2D eigenvalue weighted by Gasteiger charge is 2.20. The van der Waals surface area contributed by atoms with Crippen molar-refractivity contribution in [3.05, 3.63) is 96.3 Å². The fraction of sp³-hybridized carbons (Fsp3) is 0.172. The Labute approximate surface area is 197 Å². The van der Waals surface area contributed by atoms with Crippen molar-refractivity contribution >= 4 is 32.3 Å². The molecule has 0 spiro atoms. The molecule has 2 aromatic heterocycles. The SMILES string of the molecule is CC1CCCc2c1ccc1c2cc(-c2nn[nH]n2)c2ccccc21.c1ccc2cnccc2c1. The van der Waals surface area contributed by atoms with Gasteiger partial charge in [-0.1, -0.05) is 67.6 Å². The average Bonchev–Trinajstić information content (AvgIpc) is 3.44. The van der Waals surface area contributed by atoms with Gasteiger partial charge in [0.1, 0.15) is 0 Å². The Morgan fingerprint density at radius 1 is 0.824 bits per heavy atom. The summed E-state index contributed by atoms with van der Waals surface area (Å²) in [6.07, 6.45) is 7.38. The van der Waals surface area contributed by atoms with Crippen LogP contribution in [0.3, 0.4) is 0 Å². The van der Waals surface area contributed by atoms with Crippen molar-refractivity contribution in [2.45, 2.75) is 32.1 Å². The Kier molecular flexibility index (Phi) is 5.22. The first kappa shape index (κ1) is 20.5. The summed E-state index contributed by atoms with van der Waals surface area (Å²) in [5.74, 6) is 1.30. The lowest BCUT2D eigenvalue weighted by atomic mass is 9.80. The fourth-order valence-electron chi connectivity index (χ4n) is 5.23. The summed E-state index contributed by atoms with van der Waals surface area (Å²) in [4.78, 5) is 4.01. The predicted molar refractivity (Wildman–Crippen MR) is 138 cm³/mol. The molecular weight excluding hydrogens is 418 g/mol. The Morgan fingerprint density at radius 3 is 2.44 bits per heavy atom. The molecule has 2 heterocycles. The number of nitrogens with one attached hydrogen (secondary N) is 1. The molecule has 0 bridgehead atoms. The van der Waals surface area contributed by atoms with Crippen LogP contribution in [0.2, 0.25) is 0 Å². The van der Waals surface area contributed by atoms with Crippen LogP contribution in [0.4, 0.5) is 0 Å². The van der Waals surface area contributed by atoms with Crippen LogP contribution in [-0.4, -0.2) is 25.6 Å². The lowest BCUT2D eigenvalue weighted by Crippen LogP contribution is -2.07. The smallest absolute Gasteiger partial charge is 0.205 e. The summed E-state index contributed by atoms with van der Waals surface area (Å²) in [5.41, 5.74) is 4.06. The molecule has 0 saturated heterocycles. The van der Waals surface area contributed by atoms with Crippen LogP contribution in [0.15, 0.2) is 85.2 Å². The number of rotatable bonds is 1. The Bertz CT molecular complexity index is 1540. The molecule has 1 aliphatic rings. The number of benzene rings is 4. The molecule has 7 rings (SSSR count). The molecule has 5 nitrogen and oxygen atoms in total. The second-order valence-electron chi connectivity index (χ2n) is 8.95. The van der Waals surface area contributed by atoms with Gasteiger partial charge in [-0.05, 0) is 86.0 Å². The van der Waals surface area contributed by atoms with E-state index in [1.807, 2.05) is 30.6 Å². The minimum Gasteiger partial charge on any atom is -0.264 e. The normalized spacial score (nSPS) is 15.1. The van der Waals surface area contributed by atoms with Crippen LogP contribution in [0.1, 0.15) is 36.8 Å². The van der Waals surface area contributed by atoms with Crippen molar-refractivity contribution in [1.82, 2.24) is 25.6 Å². The molecule has 0 amide bonds. The van der Waals surface area contributed by atoms with Crippen LogP contribution in [-0.2, 0) is 6.42 Å². The van der Waals surface area contributed by atoms with Gasteiger partial charge in [-0.2, -0.15) is 5.21 Å². The van der Waals surface area contributed by atoms with Crippen molar-refractivity contribution < 1.29 is 0 Å². The summed E-state index contributed by atoms with van der Waals surface area (Å²) in [5, 5.41) is 22.3. The topological polar surface area (TPSA) is 67.3 Å². The second-order valence-corrected chi connectivity index (χ2v) is 8.95. The summed E-state index contributed by atoms with van der Waals surface area (Å²) < 4.78 is 0. The number of H-pyrrole nitrogens is 1. The van der Waals surface area contributed by atoms with Crippen LogP contribution in [0.25, 0.3) is 43.7 Å². The fourth-order valence-corrected chi connectivity index (χ4v) is 5.23. The zero-order valence-electron chi connectivity index (χ0n) is 19.1.